The zero-order valence-corrected chi connectivity index (χ0v) is 12.6. The van der Waals surface area contributed by atoms with E-state index in [9.17, 15) is 4.79 Å². The SMILES string of the molecule is COCn1c(C(=O)c2ccc(OC)cc2)cc2ccccc21. The van der Waals surface area contributed by atoms with E-state index in [1.54, 1.807) is 38.5 Å². The van der Waals surface area contributed by atoms with E-state index in [1.807, 2.05) is 34.9 Å². The van der Waals surface area contributed by atoms with Crippen LogP contribution in [0.25, 0.3) is 10.9 Å². The minimum absolute atomic E-state index is 0.0316. The number of carbonyl (C=O) groups excluding carboxylic acids is 1. The molecule has 2 aromatic carbocycles. The lowest BCUT2D eigenvalue weighted by Gasteiger charge is -2.09. The Hall–Kier alpha value is -2.59. The van der Waals surface area contributed by atoms with Crippen LogP contribution in [0.3, 0.4) is 0 Å². The fourth-order valence-corrected chi connectivity index (χ4v) is 2.56. The molecule has 3 aromatic rings. The highest BCUT2D eigenvalue weighted by molar-refractivity contribution is 6.10. The van der Waals surface area contributed by atoms with Crippen molar-refractivity contribution in [2.75, 3.05) is 14.2 Å². The largest absolute Gasteiger partial charge is 0.497 e. The van der Waals surface area contributed by atoms with E-state index < -0.39 is 0 Å². The Kier molecular flexibility index (Phi) is 3.94. The van der Waals surface area contributed by atoms with E-state index in [0.717, 1.165) is 16.7 Å². The maximum atomic E-state index is 12.8. The van der Waals surface area contributed by atoms with E-state index in [4.69, 9.17) is 9.47 Å². The van der Waals surface area contributed by atoms with Crippen LogP contribution in [-0.4, -0.2) is 24.6 Å². The third-order valence-corrected chi connectivity index (χ3v) is 3.65. The van der Waals surface area contributed by atoms with Crippen LogP contribution >= 0.6 is 0 Å². The van der Waals surface area contributed by atoms with Gasteiger partial charge in [-0.25, -0.2) is 0 Å². The lowest BCUT2D eigenvalue weighted by atomic mass is 10.1. The molecule has 4 nitrogen and oxygen atoms in total. The monoisotopic (exact) mass is 295 g/mol. The van der Waals surface area contributed by atoms with Crippen LogP contribution in [0.4, 0.5) is 0 Å². The maximum absolute atomic E-state index is 12.8. The molecule has 4 heteroatoms. The first-order valence-corrected chi connectivity index (χ1v) is 7.00. The predicted octanol–water partition coefficient (Wildman–Crippen LogP) is 3.48. The fourth-order valence-electron chi connectivity index (χ4n) is 2.56. The summed E-state index contributed by atoms with van der Waals surface area (Å²) in [5, 5.41) is 1.02. The predicted molar refractivity (Wildman–Crippen MR) is 85.4 cm³/mol. The highest BCUT2D eigenvalue weighted by Gasteiger charge is 2.17. The molecule has 0 bridgehead atoms. The van der Waals surface area contributed by atoms with Gasteiger partial charge in [-0.05, 0) is 36.4 Å². The average molecular weight is 295 g/mol. The topological polar surface area (TPSA) is 40.5 Å². The van der Waals surface area contributed by atoms with Gasteiger partial charge in [-0.3, -0.25) is 4.79 Å². The van der Waals surface area contributed by atoms with Gasteiger partial charge >= 0.3 is 0 Å². The summed E-state index contributed by atoms with van der Waals surface area (Å²) in [7, 11) is 3.23. The van der Waals surface area contributed by atoms with Crippen molar-refractivity contribution in [3.8, 4) is 5.75 Å². The number of rotatable bonds is 5. The highest BCUT2D eigenvalue weighted by Crippen LogP contribution is 2.23. The van der Waals surface area contributed by atoms with Gasteiger partial charge in [0.05, 0.1) is 18.3 Å². The van der Waals surface area contributed by atoms with E-state index in [2.05, 4.69) is 0 Å². The van der Waals surface area contributed by atoms with E-state index in [1.165, 1.54) is 0 Å². The van der Waals surface area contributed by atoms with Crippen LogP contribution in [0.15, 0.2) is 54.6 Å². The van der Waals surface area contributed by atoms with Gasteiger partial charge in [0.1, 0.15) is 12.5 Å². The Morgan fingerprint density at radius 3 is 2.45 bits per heavy atom. The normalized spacial score (nSPS) is 10.8. The van der Waals surface area contributed by atoms with Crippen LogP contribution < -0.4 is 4.74 Å². The quantitative estimate of drug-likeness (QED) is 0.677. The summed E-state index contributed by atoms with van der Waals surface area (Å²) in [6, 6.07) is 16.9. The van der Waals surface area contributed by atoms with E-state index in [0.29, 0.717) is 18.0 Å². The molecule has 112 valence electrons. The fraction of sp³-hybridized carbons (Fsp3) is 0.167. The van der Waals surface area contributed by atoms with Gasteiger partial charge in [0.25, 0.3) is 0 Å². The molecule has 0 unspecified atom stereocenters. The van der Waals surface area contributed by atoms with Crippen molar-refractivity contribution in [2.45, 2.75) is 6.73 Å². The molecule has 0 atom stereocenters. The van der Waals surface area contributed by atoms with Crippen molar-refractivity contribution < 1.29 is 14.3 Å². The minimum atomic E-state index is -0.0316. The summed E-state index contributed by atoms with van der Waals surface area (Å²) >= 11 is 0. The number of para-hydroxylation sites is 1. The number of carbonyl (C=O) groups is 1. The van der Waals surface area contributed by atoms with Crippen LogP contribution in [0.2, 0.25) is 0 Å². The van der Waals surface area contributed by atoms with Crippen LogP contribution in [0.5, 0.6) is 5.75 Å². The lowest BCUT2D eigenvalue weighted by Crippen LogP contribution is -2.11. The number of ketones is 1. The Morgan fingerprint density at radius 1 is 1.05 bits per heavy atom. The van der Waals surface area contributed by atoms with Gasteiger partial charge in [0, 0.05) is 18.1 Å². The Balaban J connectivity index is 2.07. The first-order valence-electron chi connectivity index (χ1n) is 7.00. The second kappa shape index (κ2) is 6.03. The number of aromatic nitrogens is 1. The molecule has 0 spiro atoms. The van der Waals surface area contributed by atoms with E-state index in [-0.39, 0.29) is 5.78 Å². The van der Waals surface area contributed by atoms with Gasteiger partial charge in [0.15, 0.2) is 0 Å². The lowest BCUT2D eigenvalue weighted by molar-refractivity contribution is 0.0994. The van der Waals surface area contributed by atoms with Crippen LogP contribution in [-0.2, 0) is 11.5 Å². The second-order valence-electron chi connectivity index (χ2n) is 4.99. The minimum Gasteiger partial charge on any atom is -0.497 e. The second-order valence-corrected chi connectivity index (χ2v) is 4.99. The van der Waals surface area contributed by atoms with Gasteiger partial charge in [0.2, 0.25) is 5.78 Å². The smallest absolute Gasteiger partial charge is 0.209 e. The maximum Gasteiger partial charge on any atom is 0.209 e. The van der Waals surface area contributed by atoms with Gasteiger partial charge < -0.3 is 14.0 Å². The molecule has 3 rings (SSSR count). The number of fused-ring (bicyclic) bond motifs is 1. The Labute approximate surface area is 128 Å². The molecule has 0 amide bonds. The van der Waals surface area contributed by atoms with Gasteiger partial charge in [-0.15, -0.1) is 0 Å². The summed E-state index contributed by atoms with van der Waals surface area (Å²) in [4.78, 5) is 12.8. The molecule has 0 aliphatic rings. The number of hydrogen-bond acceptors (Lipinski definition) is 3. The summed E-state index contributed by atoms with van der Waals surface area (Å²) < 4.78 is 12.3. The Bertz CT molecular complexity index is 803. The molecule has 1 aromatic heterocycles. The first-order chi connectivity index (χ1) is 10.7. The van der Waals surface area contributed by atoms with Gasteiger partial charge in [-0.1, -0.05) is 18.2 Å². The van der Waals surface area contributed by atoms with Crippen molar-refractivity contribution in [3.05, 3.63) is 65.9 Å². The molecule has 0 radical (unpaired) electrons. The zero-order valence-electron chi connectivity index (χ0n) is 12.6. The molecular formula is C18H17NO3. The summed E-state index contributed by atoms with van der Waals surface area (Å²) in [6.07, 6.45) is 0. The Morgan fingerprint density at radius 2 is 1.77 bits per heavy atom. The summed E-state index contributed by atoms with van der Waals surface area (Å²) in [6.45, 7) is 0.338. The number of benzene rings is 2. The van der Waals surface area contributed by atoms with Crippen molar-refractivity contribution in [1.82, 2.24) is 4.57 Å². The third kappa shape index (κ3) is 2.49. The molecule has 0 aliphatic carbocycles. The molecular weight excluding hydrogens is 278 g/mol. The van der Waals surface area contributed by atoms with Gasteiger partial charge in [-0.2, -0.15) is 0 Å². The number of methoxy groups -OCH3 is 2. The first kappa shape index (κ1) is 14.4. The number of nitrogens with zero attached hydrogens (tertiary/aromatic N) is 1. The summed E-state index contributed by atoms with van der Waals surface area (Å²) in [5.41, 5.74) is 2.23. The summed E-state index contributed by atoms with van der Waals surface area (Å²) in [5.74, 6) is 0.699. The van der Waals surface area contributed by atoms with Crippen molar-refractivity contribution in [3.63, 3.8) is 0 Å². The molecule has 0 fully saturated rings. The van der Waals surface area contributed by atoms with Crippen LogP contribution in [0.1, 0.15) is 16.1 Å². The third-order valence-electron chi connectivity index (χ3n) is 3.65. The molecule has 0 saturated heterocycles. The number of ether oxygens (including phenoxy) is 2. The van der Waals surface area contributed by atoms with Crippen molar-refractivity contribution in [1.29, 1.82) is 0 Å². The molecule has 1 heterocycles. The molecule has 0 saturated carbocycles. The standard InChI is InChI=1S/C18H17NO3/c1-21-12-19-16-6-4-3-5-14(16)11-17(19)18(20)13-7-9-15(22-2)10-8-13/h3-11H,12H2,1-2H3. The average Bonchev–Trinajstić information content (AvgIpc) is 2.93. The molecule has 22 heavy (non-hydrogen) atoms. The number of hydrogen-bond donors (Lipinski definition) is 0. The zero-order chi connectivity index (χ0) is 15.5. The van der Waals surface area contributed by atoms with Crippen molar-refractivity contribution >= 4 is 16.7 Å². The van der Waals surface area contributed by atoms with Crippen molar-refractivity contribution in [2.24, 2.45) is 0 Å². The van der Waals surface area contributed by atoms with Crippen LogP contribution in [0, 0.1) is 0 Å². The molecule has 0 aliphatic heterocycles. The highest BCUT2D eigenvalue weighted by atomic mass is 16.5. The van der Waals surface area contributed by atoms with E-state index >= 15 is 0 Å². The molecule has 0 N–H and O–H groups in total.